The maximum atomic E-state index is 13.1. The fraction of sp³-hybridized carbons (Fsp3) is 0.517. The standard InChI is InChI=1S/C29H32O4/c30-26(29(10-11-29)24-4-2-1-3-5-24)23-6-8-25(9-7-23)32-12-13-33-27(31)28-17-20-14-21(18-28)16-22(15-20)19-28/h1-9,20-22H,10-19H2. The van der Waals surface area contributed by atoms with Gasteiger partial charge in [-0.15, -0.1) is 0 Å². The summed E-state index contributed by atoms with van der Waals surface area (Å²) in [6.07, 6.45) is 8.85. The van der Waals surface area contributed by atoms with Crippen LogP contribution in [0.4, 0.5) is 0 Å². The second-order valence-electron chi connectivity index (χ2n) is 11.0. The van der Waals surface area contributed by atoms with Crippen molar-refractivity contribution in [1.29, 1.82) is 0 Å². The van der Waals surface area contributed by atoms with Gasteiger partial charge in [0.1, 0.15) is 19.0 Å². The average Bonchev–Trinajstić information content (AvgIpc) is 3.63. The molecule has 2 aromatic carbocycles. The molecule has 7 rings (SSSR count). The minimum Gasteiger partial charge on any atom is -0.490 e. The Kier molecular flexibility index (Phi) is 5.08. The molecular weight excluding hydrogens is 412 g/mol. The van der Waals surface area contributed by atoms with Crippen LogP contribution in [0.1, 0.15) is 67.3 Å². The number of ketones is 1. The van der Waals surface area contributed by atoms with Gasteiger partial charge in [0.25, 0.3) is 0 Å². The van der Waals surface area contributed by atoms with Crippen molar-refractivity contribution in [2.45, 2.75) is 56.8 Å². The summed E-state index contributed by atoms with van der Waals surface area (Å²) >= 11 is 0. The number of carbonyl (C=O) groups excluding carboxylic acids is 2. The van der Waals surface area contributed by atoms with Gasteiger partial charge in [-0.2, -0.15) is 0 Å². The number of benzene rings is 2. The fourth-order valence-corrected chi connectivity index (χ4v) is 7.32. The topological polar surface area (TPSA) is 52.6 Å². The van der Waals surface area contributed by atoms with E-state index in [0.717, 1.165) is 61.0 Å². The van der Waals surface area contributed by atoms with E-state index < -0.39 is 0 Å². The van der Waals surface area contributed by atoms with E-state index in [1.165, 1.54) is 19.3 Å². The lowest BCUT2D eigenvalue weighted by Crippen LogP contribution is -2.50. The van der Waals surface area contributed by atoms with E-state index in [2.05, 4.69) is 0 Å². The first kappa shape index (κ1) is 20.9. The predicted octanol–water partition coefficient (Wildman–Crippen LogP) is 5.74. The third kappa shape index (κ3) is 3.78. The zero-order valence-corrected chi connectivity index (χ0v) is 19.1. The number of ether oxygens (including phenoxy) is 2. The van der Waals surface area contributed by atoms with E-state index in [0.29, 0.717) is 12.4 Å². The van der Waals surface area contributed by atoms with Crippen LogP contribution in [0, 0.1) is 23.2 Å². The molecule has 0 radical (unpaired) electrons. The Morgan fingerprint density at radius 1 is 0.788 bits per heavy atom. The highest BCUT2D eigenvalue weighted by Crippen LogP contribution is 2.60. The van der Waals surface area contributed by atoms with E-state index in [9.17, 15) is 9.59 Å². The molecule has 0 aromatic heterocycles. The van der Waals surface area contributed by atoms with E-state index >= 15 is 0 Å². The molecule has 0 atom stereocenters. The first-order valence-electron chi connectivity index (χ1n) is 12.6. The van der Waals surface area contributed by atoms with E-state index in [4.69, 9.17) is 9.47 Å². The molecule has 0 unspecified atom stereocenters. The van der Waals surface area contributed by atoms with Crippen LogP contribution < -0.4 is 4.74 Å². The second kappa shape index (κ2) is 8.00. The van der Waals surface area contributed by atoms with Crippen LogP contribution >= 0.6 is 0 Å². The normalized spacial score (nSPS) is 30.6. The summed E-state index contributed by atoms with van der Waals surface area (Å²) < 4.78 is 11.5. The van der Waals surface area contributed by atoms with E-state index in [-0.39, 0.29) is 29.2 Å². The molecule has 4 bridgehead atoms. The molecule has 0 aliphatic heterocycles. The highest BCUT2D eigenvalue weighted by Gasteiger charge is 2.55. The predicted molar refractivity (Wildman–Crippen MR) is 125 cm³/mol. The molecule has 33 heavy (non-hydrogen) atoms. The lowest BCUT2D eigenvalue weighted by Gasteiger charge is -2.55. The Labute approximate surface area is 195 Å². The number of hydrogen-bond donors (Lipinski definition) is 0. The van der Waals surface area contributed by atoms with Gasteiger partial charge in [-0.3, -0.25) is 9.59 Å². The first-order valence-corrected chi connectivity index (χ1v) is 12.6. The number of esters is 1. The number of Topliss-reactive ketones (excluding diaryl/α,β-unsaturated/α-hetero) is 1. The van der Waals surface area contributed by atoms with Crippen LogP contribution in [0.25, 0.3) is 0 Å². The van der Waals surface area contributed by atoms with E-state index in [1.54, 1.807) is 0 Å². The molecule has 0 amide bonds. The lowest BCUT2D eigenvalue weighted by molar-refractivity contribution is -0.172. The highest BCUT2D eigenvalue weighted by molar-refractivity contribution is 6.06. The maximum Gasteiger partial charge on any atom is 0.312 e. The molecule has 4 nitrogen and oxygen atoms in total. The Morgan fingerprint density at radius 3 is 1.97 bits per heavy atom. The van der Waals surface area contributed by atoms with Crippen LogP contribution in [-0.2, 0) is 14.9 Å². The van der Waals surface area contributed by atoms with Crippen LogP contribution in [0.3, 0.4) is 0 Å². The van der Waals surface area contributed by atoms with Crippen molar-refractivity contribution in [2.75, 3.05) is 13.2 Å². The summed E-state index contributed by atoms with van der Waals surface area (Å²) in [5, 5.41) is 0. The molecule has 0 heterocycles. The van der Waals surface area contributed by atoms with Gasteiger partial charge in [0.2, 0.25) is 0 Å². The number of hydrogen-bond acceptors (Lipinski definition) is 4. The molecule has 5 aliphatic rings. The van der Waals surface area contributed by atoms with Gasteiger partial charge in [0.05, 0.1) is 10.8 Å². The summed E-state index contributed by atoms with van der Waals surface area (Å²) in [5.74, 6) is 3.09. The summed E-state index contributed by atoms with van der Waals surface area (Å²) in [4.78, 5) is 26.1. The molecule has 0 spiro atoms. The van der Waals surface area contributed by atoms with E-state index in [1.807, 2.05) is 54.6 Å². The van der Waals surface area contributed by atoms with Crippen LogP contribution in [0.15, 0.2) is 54.6 Å². The SMILES string of the molecule is O=C(OCCOc1ccc(C(=O)C2(c3ccccc3)CC2)cc1)C12CC3CC(CC(C3)C1)C2. The van der Waals surface area contributed by atoms with Gasteiger partial charge in [-0.25, -0.2) is 0 Å². The minimum atomic E-state index is -0.352. The van der Waals surface area contributed by atoms with Crippen molar-refractivity contribution in [3.05, 3.63) is 65.7 Å². The van der Waals surface area contributed by atoms with Gasteiger partial charge in [-0.05, 0) is 98.9 Å². The van der Waals surface area contributed by atoms with Gasteiger partial charge in [-0.1, -0.05) is 30.3 Å². The molecular formula is C29H32O4. The molecule has 0 N–H and O–H groups in total. The third-order valence-electron chi connectivity index (χ3n) is 8.68. The van der Waals surface area contributed by atoms with Crippen molar-refractivity contribution in [2.24, 2.45) is 23.2 Å². The van der Waals surface area contributed by atoms with Crippen molar-refractivity contribution >= 4 is 11.8 Å². The van der Waals surface area contributed by atoms with Crippen LogP contribution in [0.5, 0.6) is 5.75 Å². The summed E-state index contributed by atoms with van der Waals surface area (Å²) in [6.45, 7) is 0.609. The molecule has 2 aromatic rings. The van der Waals surface area contributed by atoms with Gasteiger partial charge in [0.15, 0.2) is 5.78 Å². The molecule has 5 aliphatic carbocycles. The average molecular weight is 445 g/mol. The second-order valence-corrected chi connectivity index (χ2v) is 11.0. The summed E-state index contributed by atoms with van der Waals surface area (Å²) in [6, 6.07) is 17.5. The molecule has 5 fully saturated rings. The maximum absolute atomic E-state index is 13.1. The van der Waals surface area contributed by atoms with Gasteiger partial charge >= 0.3 is 5.97 Å². The van der Waals surface area contributed by atoms with Crippen LogP contribution in [-0.4, -0.2) is 25.0 Å². The molecule has 0 saturated heterocycles. The Morgan fingerprint density at radius 2 is 1.39 bits per heavy atom. The van der Waals surface area contributed by atoms with Gasteiger partial charge in [0, 0.05) is 5.56 Å². The Bertz CT molecular complexity index is 1000. The molecule has 5 saturated carbocycles. The third-order valence-corrected chi connectivity index (χ3v) is 8.68. The number of rotatable bonds is 8. The molecule has 172 valence electrons. The number of carbonyl (C=O) groups is 2. The van der Waals surface area contributed by atoms with Gasteiger partial charge < -0.3 is 9.47 Å². The largest absolute Gasteiger partial charge is 0.490 e. The first-order chi connectivity index (χ1) is 16.1. The smallest absolute Gasteiger partial charge is 0.312 e. The lowest BCUT2D eigenvalue weighted by atomic mass is 9.49. The monoisotopic (exact) mass is 444 g/mol. The Balaban J connectivity index is 1.01. The quantitative estimate of drug-likeness (QED) is 0.296. The summed E-state index contributed by atoms with van der Waals surface area (Å²) in [7, 11) is 0. The molecule has 4 heteroatoms. The minimum absolute atomic E-state index is 0.00166. The Hall–Kier alpha value is -2.62. The zero-order valence-electron chi connectivity index (χ0n) is 19.1. The fourth-order valence-electron chi connectivity index (χ4n) is 7.32. The highest BCUT2D eigenvalue weighted by atomic mass is 16.6. The van der Waals surface area contributed by atoms with Crippen molar-refractivity contribution in [3.63, 3.8) is 0 Å². The van der Waals surface area contributed by atoms with Crippen LogP contribution in [0.2, 0.25) is 0 Å². The van der Waals surface area contributed by atoms with Crippen molar-refractivity contribution in [3.8, 4) is 5.75 Å². The summed E-state index contributed by atoms with van der Waals surface area (Å²) in [5.41, 5.74) is 1.26. The zero-order chi connectivity index (χ0) is 22.5. The van der Waals surface area contributed by atoms with Crippen molar-refractivity contribution < 1.29 is 19.1 Å². The van der Waals surface area contributed by atoms with Crippen molar-refractivity contribution in [1.82, 2.24) is 0 Å².